The Morgan fingerprint density at radius 2 is 1.02 bits per heavy atom. The molecule has 0 unspecified atom stereocenters. The number of hydrogen-bond donors (Lipinski definition) is 0. The van der Waals surface area contributed by atoms with Crippen LogP contribution >= 0.6 is 0 Å². The van der Waals surface area contributed by atoms with Crippen LogP contribution in [-0.4, -0.2) is 0 Å². The van der Waals surface area contributed by atoms with Crippen LogP contribution in [0.2, 0.25) is 0 Å². The Morgan fingerprint density at radius 1 is 0.525 bits per heavy atom. The fraction of sp³-hybridized carbons (Fsp3) is 0.550. The van der Waals surface area contributed by atoms with Gasteiger partial charge in [-0.3, -0.25) is 0 Å². The molecule has 2 aliphatic rings. The lowest BCUT2D eigenvalue weighted by Gasteiger charge is -2.38. The molecule has 0 aliphatic heterocycles. The maximum absolute atomic E-state index is 2.37. The summed E-state index contributed by atoms with van der Waals surface area (Å²) < 4.78 is 0. The monoisotopic (exact) mass is 536 g/mol. The van der Waals surface area contributed by atoms with Crippen molar-refractivity contribution in [2.75, 3.05) is 0 Å². The third-order valence-corrected chi connectivity index (χ3v) is 9.98. The van der Waals surface area contributed by atoms with Crippen molar-refractivity contribution in [3.63, 3.8) is 0 Å². The van der Waals surface area contributed by atoms with E-state index in [1.54, 1.807) is 5.56 Å². The molecule has 3 aromatic carbocycles. The summed E-state index contributed by atoms with van der Waals surface area (Å²) in [5, 5.41) is 0. The minimum Gasteiger partial charge on any atom is -0.0654 e. The third-order valence-electron chi connectivity index (χ3n) is 9.98. The third kappa shape index (κ3) is 9.36. The van der Waals surface area contributed by atoms with Crippen LogP contribution < -0.4 is 0 Å². The first-order valence-electron chi connectivity index (χ1n) is 16.8. The molecule has 0 heteroatoms. The molecule has 0 heterocycles. The van der Waals surface area contributed by atoms with Gasteiger partial charge in [-0.15, -0.1) is 0 Å². The van der Waals surface area contributed by atoms with Crippen molar-refractivity contribution in [1.82, 2.24) is 0 Å². The van der Waals surface area contributed by atoms with Gasteiger partial charge in [0.2, 0.25) is 0 Å². The van der Waals surface area contributed by atoms with E-state index in [4.69, 9.17) is 0 Å². The lowest BCUT2D eigenvalue weighted by Crippen LogP contribution is -2.25. The average molecular weight is 537 g/mol. The van der Waals surface area contributed by atoms with Gasteiger partial charge in [0.15, 0.2) is 0 Å². The Labute approximate surface area is 247 Å². The Hall–Kier alpha value is -2.34. The van der Waals surface area contributed by atoms with Gasteiger partial charge in [0.25, 0.3) is 0 Å². The Morgan fingerprint density at radius 3 is 1.55 bits per heavy atom. The number of benzene rings is 3. The van der Waals surface area contributed by atoms with Gasteiger partial charge in [0.05, 0.1) is 0 Å². The molecule has 216 valence electrons. The van der Waals surface area contributed by atoms with Crippen LogP contribution in [0.4, 0.5) is 0 Å². The summed E-state index contributed by atoms with van der Waals surface area (Å²) in [7, 11) is 0. The molecule has 2 fully saturated rings. The fourth-order valence-corrected chi connectivity index (χ4v) is 7.31. The predicted octanol–water partition coefficient (Wildman–Crippen LogP) is 12.3. The van der Waals surface area contributed by atoms with Crippen molar-refractivity contribution in [3.8, 4) is 11.1 Å². The second kappa shape index (κ2) is 16.2. The van der Waals surface area contributed by atoms with Crippen molar-refractivity contribution in [1.29, 1.82) is 0 Å². The Kier molecular flexibility index (Phi) is 12.4. The smallest absolute Gasteiger partial charge is 0.0162 e. The molecule has 0 radical (unpaired) electrons. The second-order valence-corrected chi connectivity index (χ2v) is 13.1. The molecule has 2 aliphatic carbocycles. The normalized spacial score (nSPS) is 22.8. The van der Waals surface area contributed by atoms with E-state index in [1.165, 1.54) is 118 Å². The van der Waals surface area contributed by atoms with Gasteiger partial charge in [0, 0.05) is 0 Å². The maximum atomic E-state index is 2.37. The summed E-state index contributed by atoms with van der Waals surface area (Å²) in [6.45, 7) is 8.91. The number of aryl methyl sites for hydroxylation is 3. The number of unbranched alkanes of at least 4 members (excludes halogenated alkanes) is 2. The van der Waals surface area contributed by atoms with E-state index in [9.17, 15) is 0 Å². The van der Waals surface area contributed by atoms with E-state index in [-0.39, 0.29) is 0 Å². The molecular weight excluding hydrogens is 480 g/mol. The van der Waals surface area contributed by atoms with Crippen molar-refractivity contribution in [2.45, 2.75) is 124 Å². The molecule has 0 nitrogen and oxygen atoms in total. The van der Waals surface area contributed by atoms with Crippen molar-refractivity contribution in [3.05, 3.63) is 95.1 Å². The van der Waals surface area contributed by atoms with Gasteiger partial charge in [-0.1, -0.05) is 136 Å². The van der Waals surface area contributed by atoms with Gasteiger partial charge in [-0.05, 0) is 111 Å². The Balaban J connectivity index is 0.000000189. The van der Waals surface area contributed by atoms with Gasteiger partial charge < -0.3 is 0 Å². The first-order chi connectivity index (χ1) is 19.6. The molecule has 2 saturated carbocycles. The first kappa shape index (κ1) is 30.6. The van der Waals surface area contributed by atoms with Crippen molar-refractivity contribution in [2.24, 2.45) is 17.8 Å². The predicted molar refractivity (Wildman–Crippen MR) is 176 cm³/mol. The van der Waals surface area contributed by atoms with Crippen LogP contribution in [0.5, 0.6) is 0 Å². The van der Waals surface area contributed by atoms with Gasteiger partial charge in [-0.2, -0.15) is 0 Å². The molecule has 40 heavy (non-hydrogen) atoms. The lowest BCUT2D eigenvalue weighted by molar-refractivity contribution is 0.156. The standard InChI is InChI=1S/C22H34.C18H22/c1-3-4-18-7-11-20(12-8-18)22-15-13-21(14-16-22)19-9-5-17(2)6-10-19;1-3-4-5-6-16-9-13-18(14-10-16)17-11-7-15(2)8-12-17/h5-6,9-10,18,20-22H,3-4,7-8,11-16H2,1-2H3;7-14H,3-6H2,1-2H3. The molecule has 0 aromatic heterocycles. The topological polar surface area (TPSA) is 0 Å². The van der Waals surface area contributed by atoms with Crippen LogP contribution in [0.25, 0.3) is 11.1 Å². The van der Waals surface area contributed by atoms with Crippen molar-refractivity contribution < 1.29 is 0 Å². The summed E-state index contributed by atoms with van der Waals surface area (Å²) in [6, 6.07) is 27.1. The molecule has 0 saturated heterocycles. The molecular formula is C40H56. The minimum absolute atomic E-state index is 0.841. The zero-order valence-corrected chi connectivity index (χ0v) is 26.1. The van der Waals surface area contributed by atoms with Crippen LogP contribution in [0.1, 0.15) is 125 Å². The minimum atomic E-state index is 0.841. The van der Waals surface area contributed by atoms with E-state index in [0.717, 1.165) is 23.7 Å². The van der Waals surface area contributed by atoms with Gasteiger partial charge in [-0.25, -0.2) is 0 Å². The summed E-state index contributed by atoms with van der Waals surface area (Å²) in [4.78, 5) is 0. The Bertz CT molecular complexity index is 1070. The number of hydrogen-bond acceptors (Lipinski definition) is 0. The van der Waals surface area contributed by atoms with E-state index in [0.29, 0.717) is 0 Å². The van der Waals surface area contributed by atoms with Gasteiger partial charge in [0.1, 0.15) is 0 Å². The zero-order chi connectivity index (χ0) is 28.2. The largest absolute Gasteiger partial charge is 0.0654 e. The molecule has 0 atom stereocenters. The quantitative estimate of drug-likeness (QED) is 0.239. The van der Waals surface area contributed by atoms with Crippen LogP contribution in [0.15, 0.2) is 72.8 Å². The second-order valence-electron chi connectivity index (χ2n) is 13.1. The van der Waals surface area contributed by atoms with E-state index in [1.807, 2.05) is 0 Å². The molecule has 0 bridgehead atoms. The van der Waals surface area contributed by atoms with E-state index >= 15 is 0 Å². The fourth-order valence-electron chi connectivity index (χ4n) is 7.31. The van der Waals surface area contributed by atoms with Crippen LogP contribution in [0.3, 0.4) is 0 Å². The maximum Gasteiger partial charge on any atom is -0.0162 e. The highest BCUT2D eigenvalue weighted by Gasteiger charge is 2.31. The first-order valence-corrected chi connectivity index (χ1v) is 16.8. The molecule has 0 spiro atoms. The van der Waals surface area contributed by atoms with Crippen LogP contribution in [0, 0.1) is 31.6 Å². The lowest BCUT2D eigenvalue weighted by atomic mass is 9.68. The summed E-state index contributed by atoms with van der Waals surface area (Å²) in [5.74, 6) is 4.01. The van der Waals surface area contributed by atoms with Crippen molar-refractivity contribution >= 4 is 0 Å². The summed E-state index contributed by atoms with van der Waals surface area (Å²) in [5.41, 5.74) is 8.38. The zero-order valence-electron chi connectivity index (χ0n) is 26.1. The van der Waals surface area contributed by atoms with E-state index in [2.05, 4.69) is 100 Å². The van der Waals surface area contributed by atoms with Gasteiger partial charge >= 0.3 is 0 Å². The molecule has 0 N–H and O–H groups in total. The SMILES string of the molecule is CCCC1CCC(C2CCC(c3ccc(C)cc3)CC2)CC1.CCCCCc1ccc(-c2ccc(C)cc2)cc1. The molecule has 5 rings (SSSR count). The summed E-state index contributed by atoms with van der Waals surface area (Å²) in [6.07, 6.45) is 20.0. The van der Waals surface area contributed by atoms with Crippen LogP contribution in [-0.2, 0) is 6.42 Å². The summed E-state index contributed by atoms with van der Waals surface area (Å²) >= 11 is 0. The highest BCUT2D eigenvalue weighted by Crippen LogP contribution is 2.44. The molecule has 3 aromatic rings. The van der Waals surface area contributed by atoms with E-state index < -0.39 is 0 Å². The average Bonchev–Trinajstić information content (AvgIpc) is 3.00. The highest BCUT2D eigenvalue weighted by atomic mass is 14.4. The highest BCUT2D eigenvalue weighted by molar-refractivity contribution is 5.63. The number of rotatable bonds is 9. The molecule has 0 amide bonds.